The number of hydrogen-bond donors (Lipinski definition) is 0. The van der Waals surface area contributed by atoms with Gasteiger partial charge in [0, 0.05) is 0 Å². The van der Waals surface area contributed by atoms with Crippen LogP contribution in [0.4, 0.5) is 0 Å². The summed E-state index contributed by atoms with van der Waals surface area (Å²) < 4.78 is 11.6. The van der Waals surface area contributed by atoms with Gasteiger partial charge in [0.1, 0.15) is 0 Å². The van der Waals surface area contributed by atoms with Crippen molar-refractivity contribution >= 4 is 31.9 Å². The van der Waals surface area contributed by atoms with Gasteiger partial charge in [0.2, 0.25) is 5.88 Å². The van der Waals surface area contributed by atoms with Crippen LogP contribution in [0.5, 0.6) is 11.6 Å². The summed E-state index contributed by atoms with van der Waals surface area (Å²) in [6, 6.07) is 0. The summed E-state index contributed by atoms with van der Waals surface area (Å²) in [5.74, 6) is 1.20. The summed E-state index contributed by atoms with van der Waals surface area (Å²) >= 11 is 6.66. The van der Waals surface area contributed by atoms with Crippen LogP contribution in [0.2, 0.25) is 0 Å². The smallest absolute Gasteiger partial charge is 0.229 e. The summed E-state index contributed by atoms with van der Waals surface area (Å²) in [5, 5.41) is 0. The molecule has 0 fully saturated rings. The molecule has 0 unspecified atom stereocenters. The van der Waals surface area contributed by atoms with Gasteiger partial charge in [-0.25, -0.2) is 4.98 Å². The molecule has 3 nitrogen and oxygen atoms in total. The Morgan fingerprint density at radius 1 is 1.17 bits per heavy atom. The van der Waals surface area contributed by atoms with Crippen molar-refractivity contribution in [2.24, 2.45) is 0 Å². The van der Waals surface area contributed by atoms with Gasteiger partial charge < -0.3 is 9.47 Å². The molecule has 1 aromatic heterocycles. The van der Waals surface area contributed by atoms with Crippen molar-refractivity contribution in [2.75, 3.05) is 14.2 Å². The number of pyridine rings is 1. The molecule has 0 aliphatic heterocycles. The van der Waals surface area contributed by atoms with Crippen LogP contribution in [0.1, 0.15) is 0 Å². The molecule has 12 heavy (non-hydrogen) atoms. The van der Waals surface area contributed by atoms with E-state index in [9.17, 15) is 0 Å². The van der Waals surface area contributed by atoms with Crippen LogP contribution >= 0.6 is 31.9 Å². The number of rotatable bonds is 2. The Balaban J connectivity index is 3.20. The Kier molecular flexibility index (Phi) is 3.34. The molecular weight excluding hydrogens is 290 g/mol. The highest BCUT2D eigenvalue weighted by Crippen LogP contribution is 2.36. The SMILES string of the molecule is COc1cnc(OC)c(Br)c1Br. The van der Waals surface area contributed by atoms with Gasteiger partial charge in [0.25, 0.3) is 0 Å². The Morgan fingerprint density at radius 2 is 1.83 bits per heavy atom. The average Bonchev–Trinajstić information content (AvgIpc) is 2.10. The van der Waals surface area contributed by atoms with Crippen LogP contribution in [0.3, 0.4) is 0 Å². The molecule has 0 spiro atoms. The van der Waals surface area contributed by atoms with E-state index in [1.807, 2.05) is 0 Å². The van der Waals surface area contributed by atoms with E-state index in [0.29, 0.717) is 11.6 Å². The van der Waals surface area contributed by atoms with Crippen molar-refractivity contribution in [3.63, 3.8) is 0 Å². The van der Waals surface area contributed by atoms with Gasteiger partial charge >= 0.3 is 0 Å². The van der Waals surface area contributed by atoms with Crippen molar-refractivity contribution in [1.82, 2.24) is 4.98 Å². The molecular formula is C7H7Br2NO2. The standard InChI is InChI=1S/C7H7Br2NO2/c1-11-4-3-10-7(12-2)6(9)5(4)8/h3H,1-2H3. The van der Waals surface area contributed by atoms with Gasteiger partial charge in [-0.3, -0.25) is 0 Å². The second kappa shape index (κ2) is 4.09. The van der Waals surface area contributed by atoms with E-state index in [2.05, 4.69) is 36.8 Å². The van der Waals surface area contributed by atoms with Crippen LogP contribution in [0.25, 0.3) is 0 Å². The third-order valence-electron chi connectivity index (χ3n) is 1.31. The summed E-state index contributed by atoms with van der Waals surface area (Å²) in [6.07, 6.45) is 1.59. The van der Waals surface area contributed by atoms with Crippen LogP contribution in [0.15, 0.2) is 15.1 Å². The second-order valence-electron chi connectivity index (χ2n) is 1.96. The van der Waals surface area contributed by atoms with Crippen molar-refractivity contribution in [3.05, 3.63) is 15.1 Å². The maximum absolute atomic E-state index is 5.03. The highest BCUT2D eigenvalue weighted by Gasteiger charge is 2.10. The first-order valence-corrected chi connectivity index (χ1v) is 4.71. The normalized spacial score (nSPS) is 9.67. The van der Waals surface area contributed by atoms with Gasteiger partial charge in [0.15, 0.2) is 5.75 Å². The lowest BCUT2D eigenvalue weighted by molar-refractivity contribution is 0.383. The molecule has 1 heterocycles. The highest BCUT2D eigenvalue weighted by atomic mass is 79.9. The second-order valence-corrected chi connectivity index (χ2v) is 3.55. The van der Waals surface area contributed by atoms with Crippen LogP contribution in [-0.4, -0.2) is 19.2 Å². The fraction of sp³-hybridized carbons (Fsp3) is 0.286. The topological polar surface area (TPSA) is 31.4 Å². The van der Waals surface area contributed by atoms with Crippen LogP contribution in [0, 0.1) is 0 Å². The third-order valence-corrected chi connectivity index (χ3v) is 3.36. The molecule has 0 aliphatic carbocycles. The first kappa shape index (κ1) is 9.80. The molecule has 0 aromatic carbocycles. The molecule has 66 valence electrons. The number of methoxy groups -OCH3 is 2. The predicted octanol–water partition coefficient (Wildman–Crippen LogP) is 2.62. The van der Waals surface area contributed by atoms with Crippen molar-refractivity contribution in [1.29, 1.82) is 0 Å². The lowest BCUT2D eigenvalue weighted by Gasteiger charge is -2.07. The Labute approximate surface area is 87.3 Å². The molecule has 0 N–H and O–H groups in total. The predicted molar refractivity (Wildman–Crippen MR) is 52.7 cm³/mol. The number of aromatic nitrogens is 1. The average molecular weight is 297 g/mol. The Bertz CT molecular complexity index is 262. The number of ether oxygens (including phenoxy) is 2. The van der Waals surface area contributed by atoms with E-state index in [1.165, 1.54) is 0 Å². The van der Waals surface area contributed by atoms with Gasteiger partial charge in [-0.15, -0.1) is 0 Å². The quantitative estimate of drug-likeness (QED) is 0.841. The van der Waals surface area contributed by atoms with Crippen molar-refractivity contribution in [3.8, 4) is 11.6 Å². The molecule has 1 aromatic rings. The monoisotopic (exact) mass is 295 g/mol. The lowest BCUT2D eigenvalue weighted by atomic mass is 10.4. The van der Waals surface area contributed by atoms with Gasteiger partial charge in [-0.2, -0.15) is 0 Å². The van der Waals surface area contributed by atoms with Gasteiger partial charge in [0.05, 0.1) is 29.4 Å². The molecule has 0 bridgehead atoms. The zero-order chi connectivity index (χ0) is 9.14. The minimum atomic E-state index is 0.530. The first-order chi connectivity index (χ1) is 5.70. The van der Waals surface area contributed by atoms with E-state index in [-0.39, 0.29) is 0 Å². The summed E-state index contributed by atoms with van der Waals surface area (Å²) in [7, 11) is 3.15. The van der Waals surface area contributed by atoms with Gasteiger partial charge in [-0.1, -0.05) is 0 Å². The van der Waals surface area contributed by atoms with E-state index in [4.69, 9.17) is 9.47 Å². The maximum Gasteiger partial charge on any atom is 0.229 e. The lowest BCUT2D eigenvalue weighted by Crippen LogP contribution is -1.92. The van der Waals surface area contributed by atoms with E-state index >= 15 is 0 Å². The summed E-state index contributed by atoms with van der Waals surface area (Å²) in [6.45, 7) is 0. The Hall–Kier alpha value is -0.290. The minimum absolute atomic E-state index is 0.530. The largest absolute Gasteiger partial charge is 0.494 e. The Morgan fingerprint density at radius 3 is 2.33 bits per heavy atom. The zero-order valence-corrected chi connectivity index (χ0v) is 9.77. The van der Waals surface area contributed by atoms with Crippen molar-refractivity contribution < 1.29 is 9.47 Å². The van der Waals surface area contributed by atoms with E-state index in [0.717, 1.165) is 8.95 Å². The number of halogens is 2. The van der Waals surface area contributed by atoms with E-state index in [1.54, 1.807) is 20.4 Å². The molecule has 0 aliphatic rings. The van der Waals surface area contributed by atoms with Gasteiger partial charge in [-0.05, 0) is 31.9 Å². The molecule has 0 saturated carbocycles. The molecule has 5 heteroatoms. The molecule has 0 saturated heterocycles. The fourth-order valence-corrected chi connectivity index (χ4v) is 1.61. The van der Waals surface area contributed by atoms with E-state index < -0.39 is 0 Å². The summed E-state index contributed by atoms with van der Waals surface area (Å²) in [5.41, 5.74) is 0. The third kappa shape index (κ3) is 1.72. The van der Waals surface area contributed by atoms with Crippen LogP contribution in [-0.2, 0) is 0 Å². The molecule has 0 amide bonds. The number of nitrogens with zero attached hydrogens (tertiary/aromatic N) is 1. The minimum Gasteiger partial charge on any atom is -0.494 e. The highest BCUT2D eigenvalue weighted by molar-refractivity contribution is 9.13. The molecule has 0 atom stereocenters. The van der Waals surface area contributed by atoms with Crippen molar-refractivity contribution in [2.45, 2.75) is 0 Å². The molecule has 1 rings (SSSR count). The summed E-state index contributed by atoms with van der Waals surface area (Å²) in [4.78, 5) is 4.00. The fourth-order valence-electron chi connectivity index (χ4n) is 0.717. The van der Waals surface area contributed by atoms with Crippen LogP contribution < -0.4 is 9.47 Å². The number of hydrogen-bond acceptors (Lipinski definition) is 3. The zero-order valence-electron chi connectivity index (χ0n) is 6.60. The molecule has 0 radical (unpaired) electrons. The maximum atomic E-state index is 5.03. The first-order valence-electron chi connectivity index (χ1n) is 3.12.